The van der Waals surface area contributed by atoms with Crippen molar-refractivity contribution in [3.63, 3.8) is 0 Å². The number of ether oxygens (including phenoxy) is 2. The molecule has 0 bridgehead atoms. The minimum absolute atomic E-state index is 0.107. The van der Waals surface area contributed by atoms with Crippen LogP contribution in [0.4, 0.5) is 0 Å². The van der Waals surface area contributed by atoms with Crippen molar-refractivity contribution in [1.29, 1.82) is 0 Å². The minimum atomic E-state index is -1.73. The summed E-state index contributed by atoms with van der Waals surface area (Å²) in [6.07, 6.45) is 0. The van der Waals surface area contributed by atoms with Gasteiger partial charge in [-0.05, 0) is 42.5 Å². The highest BCUT2D eigenvalue weighted by Gasteiger charge is 2.18. The van der Waals surface area contributed by atoms with E-state index in [1.165, 1.54) is 12.1 Å². The summed E-state index contributed by atoms with van der Waals surface area (Å²) in [5, 5.41) is 18.9. The van der Waals surface area contributed by atoms with Crippen molar-refractivity contribution in [2.75, 3.05) is 13.7 Å². The van der Waals surface area contributed by atoms with Gasteiger partial charge >= 0.3 is 7.12 Å². The van der Waals surface area contributed by atoms with Crippen molar-refractivity contribution in [3.05, 3.63) is 53.1 Å². The first-order valence-corrected chi connectivity index (χ1v) is 6.84. The number of halogens is 1. The molecule has 5 nitrogen and oxygen atoms in total. The quantitative estimate of drug-likeness (QED) is 0.619. The Morgan fingerprint density at radius 1 is 1.18 bits per heavy atom. The Morgan fingerprint density at radius 2 is 1.86 bits per heavy atom. The maximum Gasteiger partial charge on any atom is 0.492 e. The standard InChI is InChI=1S/C15H14BClO5/c1-21-12-5-2-10(3-6-12)14(18)9-22-15-7-4-11(17)8-13(15)16(19)20/h2-8,19-20H,9H2,1H3. The lowest BCUT2D eigenvalue weighted by molar-refractivity contribution is 0.0922. The summed E-state index contributed by atoms with van der Waals surface area (Å²) < 4.78 is 10.4. The van der Waals surface area contributed by atoms with Crippen LogP contribution in [0.25, 0.3) is 0 Å². The average molecular weight is 321 g/mol. The Labute approximate surface area is 133 Å². The number of ketones is 1. The summed E-state index contributed by atoms with van der Waals surface area (Å²) in [5.74, 6) is 0.609. The maximum atomic E-state index is 12.0. The van der Waals surface area contributed by atoms with Crippen LogP contribution in [0.2, 0.25) is 5.02 Å². The number of rotatable bonds is 6. The van der Waals surface area contributed by atoms with Crippen molar-refractivity contribution < 1.29 is 24.3 Å². The zero-order valence-corrected chi connectivity index (χ0v) is 12.6. The summed E-state index contributed by atoms with van der Waals surface area (Å²) in [4.78, 5) is 12.0. The molecule has 114 valence electrons. The van der Waals surface area contributed by atoms with E-state index in [-0.39, 0.29) is 23.6 Å². The summed E-state index contributed by atoms with van der Waals surface area (Å²) in [5.41, 5.74) is 0.580. The Bertz CT molecular complexity index is 657. The molecule has 0 amide bonds. The molecular weight excluding hydrogens is 306 g/mol. The van der Waals surface area contributed by atoms with E-state index in [1.807, 2.05) is 0 Å². The first-order valence-electron chi connectivity index (χ1n) is 6.47. The first kappa shape index (κ1) is 16.4. The molecule has 0 saturated carbocycles. The third kappa shape index (κ3) is 4.01. The van der Waals surface area contributed by atoms with Crippen molar-refractivity contribution in [1.82, 2.24) is 0 Å². The molecule has 0 saturated heterocycles. The van der Waals surface area contributed by atoms with Gasteiger partial charge in [-0.1, -0.05) is 11.6 Å². The van der Waals surface area contributed by atoms with Crippen molar-refractivity contribution in [2.24, 2.45) is 0 Å². The fourth-order valence-corrected chi connectivity index (χ4v) is 2.04. The number of carbonyl (C=O) groups excluding carboxylic acids is 1. The highest BCUT2D eigenvalue weighted by Crippen LogP contribution is 2.16. The second-order valence-electron chi connectivity index (χ2n) is 4.50. The third-order valence-electron chi connectivity index (χ3n) is 3.02. The van der Waals surface area contributed by atoms with Crippen LogP contribution >= 0.6 is 11.6 Å². The maximum absolute atomic E-state index is 12.0. The summed E-state index contributed by atoms with van der Waals surface area (Å²) in [6, 6.07) is 11.0. The number of hydrogen-bond donors (Lipinski definition) is 2. The zero-order chi connectivity index (χ0) is 16.1. The van der Waals surface area contributed by atoms with E-state index < -0.39 is 7.12 Å². The molecule has 0 heterocycles. The van der Waals surface area contributed by atoms with E-state index in [0.717, 1.165) is 0 Å². The highest BCUT2D eigenvalue weighted by atomic mass is 35.5. The van der Waals surface area contributed by atoms with E-state index in [0.29, 0.717) is 16.3 Å². The Kier molecular flexibility index (Phi) is 5.43. The molecule has 0 aliphatic heterocycles. The Hall–Kier alpha value is -2.02. The number of carbonyl (C=O) groups is 1. The number of methoxy groups -OCH3 is 1. The number of benzene rings is 2. The van der Waals surface area contributed by atoms with Gasteiger partial charge in [-0.15, -0.1) is 0 Å². The van der Waals surface area contributed by atoms with Crippen molar-refractivity contribution in [2.45, 2.75) is 0 Å². The van der Waals surface area contributed by atoms with Gasteiger partial charge in [0.1, 0.15) is 11.5 Å². The summed E-state index contributed by atoms with van der Waals surface area (Å²) in [7, 11) is -0.188. The molecule has 0 spiro atoms. The Balaban J connectivity index is 2.07. The molecule has 2 rings (SSSR count). The van der Waals surface area contributed by atoms with Crippen LogP contribution in [0.15, 0.2) is 42.5 Å². The zero-order valence-electron chi connectivity index (χ0n) is 11.8. The van der Waals surface area contributed by atoms with Gasteiger partial charge in [0.2, 0.25) is 0 Å². The SMILES string of the molecule is COc1ccc(C(=O)COc2ccc(Cl)cc2B(O)O)cc1. The van der Waals surface area contributed by atoms with Crippen molar-refractivity contribution >= 4 is 30.0 Å². The lowest BCUT2D eigenvalue weighted by atomic mass is 9.79. The molecule has 0 aliphatic rings. The van der Waals surface area contributed by atoms with E-state index >= 15 is 0 Å². The monoisotopic (exact) mass is 320 g/mol. The number of hydrogen-bond acceptors (Lipinski definition) is 5. The fraction of sp³-hybridized carbons (Fsp3) is 0.133. The van der Waals surface area contributed by atoms with Gasteiger partial charge in [0.15, 0.2) is 12.4 Å². The van der Waals surface area contributed by atoms with Gasteiger partial charge in [0.05, 0.1) is 7.11 Å². The average Bonchev–Trinajstić information content (AvgIpc) is 2.53. The molecule has 0 radical (unpaired) electrons. The minimum Gasteiger partial charge on any atom is -0.497 e. The van der Waals surface area contributed by atoms with Gasteiger partial charge in [-0.25, -0.2) is 0 Å². The third-order valence-corrected chi connectivity index (χ3v) is 3.26. The first-order chi connectivity index (χ1) is 10.5. The lowest BCUT2D eigenvalue weighted by Gasteiger charge is -2.11. The van der Waals surface area contributed by atoms with E-state index in [2.05, 4.69) is 0 Å². The lowest BCUT2D eigenvalue weighted by Crippen LogP contribution is -2.32. The normalized spacial score (nSPS) is 10.2. The van der Waals surface area contributed by atoms with Crippen LogP contribution in [0.5, 0.6) is 11.5 Å². The second-order valence-corrected chi connectivity index (χ2v) is 4.93. The van der Waals surface area contributed by atoms with Gasteiger partial charge in [0.25, 0.3) is 0 Å². The van der Waals surface area contributed by atoms with Crippen LogP contribution in [-0.2, 0) is 0 Å². The Morgan fingerprint density at radius 3 is 2.45 bits per heavy atom. The molecule has 0 fully saturated rings. The molecule has 2 aromatic carbocycles. The number of Topliss-reactive ketones (excluding diaryl/α,β-unsaturated/α-hetero) is 1. The highest BCUT2D eigenvalue weighted by molar-refractivity contribution is 6.60. The summed E-state index contributed by atoms with van der Waals surface area (Å²) in [6.45, 7) is -0.228. The molecule has 7 heteroatoms. The van der Waals surface area contributed by atoms with E-state index in [9.17, 15) is 14.8 Å². The molecule has 0 unspecified atom stereocenters. The molecule has 22 heavy (non-hydrogen) atoms. The van der Waals surface area contributed by atoms with E-state index in [1.54, 1.807) is 37.4 Å². The topological polar surface area (TPSA) is 76.0 Å². The molecule has 0 aromatic heterocycles. The molecular formula is C15H14BClO5. The van der Waals surface area contributed by atoms with Gasteiger partial charge in [0, 0.05) is 16.0 Å². The molecule has 0 atom stereocenters. The van der Waals surface area contributed by atoms with Crippen LogP contribution in [0.3, 0.4) is 0 Å². The van der Waals surface area contributed by atoms with Crippen LogP contribution in [0, 0.1) is 0 Å². The van der Waals surface area contributed by atoms with Gasteiger partial charge < -0.3 is 19.5 Å². The fourth-order valence-electron chi connectivity index (χ4n) is 1.86. The second kappa shape index (κ2) is 7.31. The smallest absolute Gasteiger partial charge is 0.492 e. The van der Waals surface area contributed by atoms with Crippen molar-refractivity contribution in [3.8, 4) is 11.5 Å². The van der Waals surface area contributed by atoms with Gasteiger partial charge in [-0.3, -0.25) is 4.79 Å². The largest absolute Gasteiger partial charge is 0.497 e. The predicted octanol–water partition coefficient (Wildman–Crippen LogP) is 1.29. The molecule has 2 aromatic rings. The molecule has 0 aliphatic carbocycles. The summed E-state index contributed by atoms with van der Waals surface area (Å²) >= 11 is 5.79. The van der Waals surface area contributed by atoms with Crippen LogP contribution in [0.1, 0.15) is 10.4 Å². The molecule has 2 N–H and O–H groups in total. The van der Waals surface area contributed by atoms with Crippen LogP contribution in [-0.4, -0.2) is 36.7 Å². The van der Waals surface area contributed by atoms with E-state index in [4.69, 9.17) is 21.1 Å². The van der Waals surface area contributed by atoms with Gasteiger partial charge in [-0.2, -0.15) is 0 Å². The predicted molar refractivity (Wildman–Crippen MR) is 84.1 cm³/mol. The van der Waals surface area contributed by atoms with Crippen LogP contribution < -0.4 is 14.9 Å².